The van der Waals surface area contributed by atoms with Crippen molar-refractivity contribution in [3.63, 3.8) is 0 Å². The van der Waals surface area contributed by atoms with Crippen LogP contribution in [0.15, 0.2) is 0 Å². The molecule has 0 unspecified atom stereocenters. The predicted octanol–water partition coefficient (Wildman–Crippen LogP) is 1.79. The summed E-state index contributed by atoms with van der Waals surface area (Å²) in [6.07, 6.45) is 8.01. The molecule has 0 fully saturated rings. The van der Waals surface area contributed by atoms with Gasteiger partial charge in [0.25, 0.3) is 0 Å². The molecule has 0 radical (unpaired) electrons. The number of unbranched alkanes of at least 4 members (excludes halogenated alkanes) is 4. The molecule has 0 aliphatic carbocycles. The van der Waals surface area contributed by atoms with Crippen LogP contribution in [0.4, 0.5) is 0 Å². The molecule has 0 aromatic carbocycles. The van der Waals surface area contributed by atoms with Crippen molar-refractivity contribution in [2.45, 2.75) is 79.1 Å². The third-order valence-corrected chi connectivity index (χ3v) is 3.88. The van der Waals surface area contributed by atoms with Gasteiger partial charge in [-0.2, -0.15) is 9.35 Å². The third-order valence-electron chi connectivity index (χ3n) is 3.31. The molecular formula is C16H34NaO6P. The number of phosphoric acid groups is 1. The van der Waals surface area contributed by atoms with E-state index in [1.165, 1.54) is 0 Å². The summed E-state index contributed by atoms with van der Waals surface area (Å²) in [7, 11) is -4.53. The van der Waals surface area contributed by atoms with E-state index in [0.29, 0.717) is 11.8 Å². The Labute approximate surface area is 169 Å². The zero-order valence-electron chi connectivity index (χ0n) is 16.1. The Bertz CT molecular complexity index is 289. The molecule has 8 heteroatoms. The van der Waals surface area contributed by atoms with Crippen LogP contribution in [0, 0.1) is 11.8 Å². The van der Waals surface area contributed by atoms with E-state index < -0.39 is 7.82 Å². The van der Waals surface area contributed by atoms with Crippen molar-refractivity contribution in [2.75, 3.05) is 13.2 Å². The number of hydrogen-bond donors (Lipinski definition) is 0. The Kier molecular flexibility index (Phi) is 19.8. The van der Waals surface area contributed by atoms with Gasteiger partial charge in [0.1, 0.15) is 0 Å². The molecule has 140 valence electrons. The molecule has 6 nitrogen and oxygen atoms in total. The summed E-state index contributed by atoms with van der Waals surface area (Å²) in [4.78, 5) is 20.6. The molecule has 0 aromatic heterocycles. The van der Waals surface area contributed by atoms with Crippen LogP contribution in [-0.4, -0.2) is 13.2 Å². The van der Waals surface area contributed by atoms with Gasteiger partial charge in [-0.25, -0.2) is 9.78 Å². The molecule has 0 aliphatic rings. The van der Waals surface area contributed by atoms with E-state index in [1.807, 2.05) is 0 Å². The SMILES string of the molecule is CC(C)CCCCCOOP(=O)([O-])OOCCCCCC(C)C.[Na+]. The van der Waals surface area contributed by atoms with Crippen molar-refractivity contribution >= 4 is 7.82 Å². The Morgan fingerprint density at radius 2 is 1.12 bits per heavy atom. The average molecular weight is 376 g/mol. The summed E-state index contributed by atoms with van der Waals surface area (Å²) in [6.45, 7) is 9.15. The summed E-state index contributed by atoms with van der Waals surface area (Å²) in [5.41, 5.74) is 0. The maximum absolute atomic E-state index is 11.3. The van der Waals surface area contributed by atoms with Crippen molar-refractivity contribution < 1.29 is 58.1 Å². The van der Waals surface area contributed by atoms with Crippen LogP contribution >= 0.6 is 7.82 Å². The van der Waals surface area contributed by atoms with E-state index in [0.717, 1.165) is 51.4 Å². The summed E-state index contributed by atoms with van der Waals surface area (Å²) < 4.78 is 19.9. The normalized spacial score (nSPS) is 12.0. The standard InChI is InChI=1S/C16H35O6P.Na/c1-15(2)11-7-5-9-13-19-21-23(17,18)22-20-14-10-6-8-12-16(3)4;/h15-16H,5-14H2,1-4H3,(H,17,18);/q;+1/p-1. The van der Waals surface area contributed by atoms with Crippen LogP contribution in [0.3, 0.4) is 0 Å². The van der Waals surface area contributed by atoms with Crippen molar-refractivity contribution in [1.82, 2.24) is 0 Å². The Morgan fingerprint density at radius 3 is 1.46 bits per heavy atom. The second kappa shape index (κ2) is 17.4. The second-order valence-corrected chi connectivity index (χ2v) is 7.92. The van der Waals surface area contributed by atoms with Crippen LogP contribution in [0.1, 0.15) is 79.1 Å². The smallest absolute Gasteiger partial charge is 0.753 e. The second-order valence-electron chi connectivity index (χ2n) is 6.73. The first kappa shape index (κ1) is 27.3. The van der Waals surface area contributed by atoms with Gasteiger partial charge in [0, 0.05) is 0 Å². The number of rotatable bonds is 16. The van der Waals surface area contributed by atoms with Gasteiger partial charge in [0.2, 0.25) is 0 Å². The average Bonchev–Trinajstić information content (AvgIpc) is 2.44. The molecule has 0 bridgehead atoms. The molecule has 24 heavy (non-hydrogen) atoms. The van der Waals surface area contributed by atoms with E-state index in [-0.39, 0.29) is 42.8 Å². The maximum Gasteiger partial charge on any atom is 1.00 e. The Morgan fingerprint density at radius 1 is 0.750 bits per heavy atom. The van der Waals surface area contributed by atoms with Gasteiger partial charge in [-0.15, -0.1) is 0 Å². The summed E-state index contributed by atoms with van der Waals surface area (Å²) >= 11 is 0. The van der Waals surface area contributed by atoms with Crippen LogP contribution in [0.5, 0.6) is 0 Å². The molecule has 0 aromatic rings. The molecule has 0 heterocycles. The van der Waals surface area contributed by atoms with E-state index in [4.69, 9.17) is 0 Å². The van der Waals surface area contributed by atoms with Crippen LogP contribution < -0.4 is 34.5 Å². The summed E-state index contributed by atoms with van der Waals surface area (Å²) in [5.74, 6) is 1.37. The van der Waals surface area contributed by atoms with E-state index in [2.05, 4.69) is 46.8 Å². The van der Waals surface area contributed by atoms with Gasteiger partial charge in [0.15, 0.2) is 0 Å². The minimum absolute atomic E-state index is 0. The van der Waals surface area contributed by atoms with Gasteiger partial charge in [-0.3, -0.25) is 4.57 Å². The van der Waals surface area contributed by atoms with Gasteiger partial charge in [-0.1, -0.05) is 66.2 Å². The molecule has 0 atom stereocenters. The molecule has 0 N–H and O–H groups in total. The molecule has 0 saturated carbocycles. The first-order chi connectivity index (χ1) is 10.8. The summed E-state index contributed by atoms with van der Waals surface area (Å²) in [5, 5.41) is 0. The van der Waals surface area contributed by atoms with Crippen molar-refractivity contribution in [3.05, 3.63) is 0 Å². The van der Waals surface area contributed by atoms with Gasteiger partial charge in [-0.05, 0) is 24.7 Å². The quantitative estimate of drug-likeness (QED) is 0.134. The zero-order valence-corrected chi connectivity index (χ0v) is 19.0. The molecule has 0 spiro atoms. The topological polar surface area (TPSA) is 77.1 Å². The summed E-state index contributed by atoms with van der Waals surface area (Å²) in [6, 6.07) is 0. The molecule has 0 rings (SSSR count). The third kappa shape index (κ3) is 21.1. The van der Waals surface area contributed by atoms with Crippen LogP contribution in [0.2, 0.25) is 0 Å². The van der Waals surface area contributed by atoms with Gasteiger partial charge >= 0.3 is 37.4 Å². The van der Waals surface area contributed by atoms with E-state index in [1.54, 1.807) is 0 Å². The van der Waals surface area contributed by atoms with Crippen LogP contribution in [0.25, 0.3) is 0 Å². The predicted molar refractivity (Wildman–Crippen MR) is 88.3 cm³/mol. The number of hydrogen-bond acceptors (Lipinski definition) is 6. The van der Waals surface area contributed by atoms with Crippen molar-refractivity contribution in [1.29, 1.82) is 0 Å². The van der Waals surface area contributed by atoms with E-state index in [9.17, 15) is 9.46 Å². The Balaban J connectivity index is 0. The monoisotopic (exact) mass is 376 g/mol. The fraction of sp³-hybridized carbons (Fsp3) is 1.00. The van der Waals surface area contributed by atoms with E-state index >= 15 is 0 Å². The Hall–Kier alpha value is 1.03. The molecule has 0 amide bonds. The largest absolute Gasteiger partial charge is 1.00 e. The molecule has 0 aliphatic heterocycles. The molecule has 0 saturated heterocycles. The fourth-order valence-corrected chi connectivity index (χ4v) is 2.43. The van der Waals surface area contributed by atoms with Crippen molar-refractivity contribution in [3.8, 4) is 0 Å². The minimum atomic E-state index is -4.53. The maximum atomic E-state index is 11.3. The van der Waals surface area contributed by atoms with Crippen LogP contribution in [-0.2, 0) is 23.7 Å². The van der Waals surface area contributed by atoms with Crippen molar-refractivity contribution in [2.24, 2.45) is 11.8 Å². The van der Waals surface area contributed by atoms with Gasteiger partial charge in [0.05, 0.1) is 13.2 Å². The molecular weight excluding hydrogens is 342 g/mol. The first-order valence-electron chi connectivity index (χ1n) is 8.77. The zero-order chi connectivity index (χ0) is 17.6. The van der Waals surface area contributed by atoms with Gasteiger partial charge < -0.3 is 4.89 Å². The first-order valence-corrected chi connectivity index (χ1v) is 10.2. The minimum Gasteiger partial charge on any atom is -0.753 e. The fourth-order valence-electron chi connectivity index (χ4n) is 2.00.